The summed E-state index contributed by atoms with van der Waals surface area (Å²) in [5.41, 5.74) is 3.47. The van der Waals surface area contributed by atoms with Crippen molar-refractivity contribution in [3.8, 4) is 11.5 Å². The van der Waals surface area contributed by atoms with Crippen LogP contribution in [0.2, 0.25) is 0 Å². The van der Waals surface area contributed by atoms with Crippen molar-refractivity contribution < 1.29 is 14.3 Å². The second-order valence-electron chi connectivity index (χ2n) is 5.94. The van der Waals surface area contributed by atoms with Gasteiger partial charge >= 0.3 is 0 Å². The van der Waals surface area contributed by atoms with Crippen LogP contribution in [-0.2, 0) is 17.6 Å². The smallest absolute Gasteiger partial charge is 0.262 e. The molecule has 4 nitrogen and oxygen atoms in total. The Morgan fingerprint density at radius 1 is 1.00 bits per heavy atom. The second-order valence-corrected chi connectivity index (χ2v) is 5.94. The van der Waals surface area contributed by atoms with Crippen LogP contribution < -0.4 is 14.8 Å². The van der Waals surface area contributed by atoms with E-state index < -0.39 is 0 Å². The largest absolute Gasteiger partial charge is 0.494 e. The molecule has 1 N–H and O–H groups in total. The number of rotatable bonds is 6. The lowest BCUT2D eigenvalue weighted by Gasteiger charge is -2.16. The molecule has 0 spiro atoms. The molecule has 1 amide bonds. The predicted molar refractivity (Wildman–Crippen MR) is 94.8 cm³/mol. The number of ether oxygens (including phenoxy) is 2. The van der Waals surface area contributed by atoms with Gasteiger partial charge in [0.25, 0.3) is 5.91 Å². The molecular formula is C20H23NO3. The third-order valence-electron chi connectivity index (χ3n) is 4.12. The molecule has 3 rings (SSSR count). The fraction of sp³-hybridized carbons (Fsp3) is 0.350. The molecule has 1 aliphatic carbocycles. The summed E-state index contributed by atoms with van der Waals surface area (Å²) < 4.78 is 11.1. The Hall–Kier alpha value is -2.49. The lowest BCUT2D eigenvalue weighted by atomic mass is 9.92. The summed E-state index contributed by atoms with van der Waals surface area (Å²) in [6, 6.07) is 13.5. The first-order chi connectivity index (χ1) is 11.7. The van der Waals surface area contributed by atoms with E-state index in [1.165, 1.54) is 24.0 Å². The lowest BCUT2D eigenvalue weighted by Crippen LogP contribution is -2.20. The van der Waals surface area contributed by atoms with Gasteiger partial charge in [-0.15, -0.1) is 0 Å². The normalized spacial score (nSPS) is 13.0. The molecule has 126 valence electrons. The van der Waals surface area contributed by atoms with Crippen LogP contribution in [0.15, 0.2) is 42.5 Å². The maximum atomic E-state index is 12.1. The second kappa shape index (κ2) is 7.86. The molecule has 0 unspecified atom stereocenters. The van der Waals surface area contributed by atoms with E-state index in [1.807, 2.05) is 31.2 Å². The zero-order valence-corrected chi connectivity index (χ0v) is 14.0. The Labute approximate surface area is 142 Å². The summed E-state index contributed by atoms with van der Waals surface area (Å²) in [6.07, 6.45) is 4.73. The quantitative estimate of drug-likeness (QED) is 0.874. The van der Waals surface area contributed by atoms with Gasteiger partial charge < -0.3 is 14.8 Å². The van der Waals surface area contributed by atoms with Crippen LogP contribution in [0, 0.1) is 0 Å². The van der Waals surface area contributed by atoms with Crippen LogP contribution in [-0.4, -0.2) is 19.1 Å². The number of hydrogen-bond acceptors (Lipinski definition) is 3. The molecule has 0 saturated carbocycles. The van der Waals surface area contributed by atoms with Crippen LogP contribution in [0.3, 0.4) is 0 Å². The van der Waals surface area contributed by atoms with E-state index in [2.05, 4.69) is 17.4 Å². The molecule has 0 aliphatic heterocycles. The van der Waals surface area contributed by atoms with Crippen LogP contribution in [0.1, 0.15) is 30.9 Å². The van der Waals surface area contributed by atoms with Gasteiger partial charge in [-0.05, 0) is 68.0 Å². The molecule has 4 heteroatoms. The van der Waals surface area contributed by atoms with Crippen LogP contribution in [0.25, 0.3) is 0 Å². The van der Waals surface area contributed by atoms with E-state index >= 15 is 0 Å². The Morgan fingerprint density at radius 2 is 1.79 bits per heavy atom. The maximum Gasteiger partial charge on any atom is 0.262 e. The Morgan fingerprint density at radius 3 is 2.62 bits per heavy atom. The van der Waals surface area contributed by atoms with Gasteiger partial charge in [-0.25, -0.2) is 0 Å². The van der Waals surface area contributed by atoms with Crippen molar-refractivity contribution in [1.82, 2.24) is 0 Å². The van der Waals surface area contributed by atoms with Crippen LogP contribution in [0.4, 0.5) is 5.69 Å². The predicted octanol–water partition coefficient (Wildman–Crippen LogP) is 3.98. The highest BCUT2D eigenvalue weighted by atomic mass is 16.5. The van der Waals surface area contributed by atoms with Gasteiger partial charge in [-0.2, -0.15) is 0 Å². The summed E-state index contributed by atoms with van der Waals surface area (Å²) in [7, 11) is 0. The molecule has 0 aromatic heterocycles. The molecule has 2 aromatic rings. The number of amides is 1. The minimum Gasteiger partial charge on any atom is -0.494 e. The van der Waals surface area contributed by atoms with Crippen molar-refractivity contribution in [2.24, 2.45) is 0 Å². The van der Waals surface area contributed by atoms with Crippen molar-refractivity contribution >= 4 is 11.6 Å². The lowest BCUT2D eigenvalue weighted by molar-refractivity contribution is -0.118. The molecule has 0 saturated heterocycles. The van der Waals surface area contributed by atoms with Crippen molar-refractivity contribution in [2.45, 2.75) is 32.6 Å². The molecule has 0 radical (unpaired) electrons. The molecule has 0 bridgehead atoms. The van der Waals surface area contributed by atoms with Crippen molar-refractivity contribution in [2.75, 3.05) is 18.5 Å². The van der Waals surface area contributed by atoms with Gasteiger partial charge in [0.15, 0.2) is 6.61 Å². The van der Waals surface area contributed by atoms with Crippen molar-refractivity contribution in [3.63, 3.8) is 0 Å². The van der Waals surface area contributed by atoms with Gasteiger partial charge in [-0.3, -0.25) is 4.79 Å². The Kier molecular flexibility index (Phi) is 5.36. The van der Waals surface area contributed by atoms with Crippen molar-refractivity contribution in [1.29, 1.82) is 0 Å². The highest BCUT2D eigenvalue weighted by Gasteiger charge is 2.11. The molecule has 2 aromatic carbocycles. The third kappa shape index (κ3) is 4.28. The van der Waals surface area contributed by atoms with Crippen molar-refractivity contribution in [3.05, 3.63) is 53.6 Å². The number of hydrogen-bond donors (Lipinski definition) is 1. The van der Waals surface area contributed by atoms with E-state index in [4.69, 9.17) is 9.47 Å². The first kappa shape index (κ1) is 16.4. The summed E-state index contributed by atoms with van der Waals surface area (Å²) in [4.78, 5) is 12.1. The summed E-state index contributed by atoms with van der Waals surface area (Å²) in [5.74, 6) is 1.32. The summed E-state index contributed by atoms with van der Waals surface area (Å²) >= 11 is 0. The maximum absolute atomic E-state index is 12.1. The number of carbonyl (C=O) groups is 1. The molecular weight excluding hydrogens is 302 g/mol. The molecule has 0 atom stereocenters. The van der Waals surface area contributed by atoms with E-state index in [-0.39, 0.29) is 12.5 Å². The number of anilines is 1. The monoisotopic (exact) mass is 325 g/mol. The minimum absolute atomic E-state index is 0.00233. The summed E-state index contributed by atoms with van der Waals surface area (Å²) in [5, 5.41) is 2.83. The van der Waals surface area contributed by atoms with E-state index in [1.54, 1.807) is 6.07 Å². The standard InChI is InChI=1S/C20H23NO3/c1-2-23-18-9-5-8-17(13-18)21-20(22)14-24-19-11-10-15-6-3-4-7-16(15)12-19/h5,8-13H,2-4,6-7,14H2,1H3,(H,21,22). The zero-order chi connectivity index (χ0) is 16.8. The number of nitrogens with one attached hydrogen (secondary N) is 1. The third-order valence-corrected chi connectivity index (χ3v) is 4.12. The van der Waals surface area contributed by atoms with Gasteiger partial charge in [0.2, 0.25) is 0 Å². The SMILES string of the molecule is CCOc1cccc(NC(=O)COc2ccc3c(c2)CCCC3)c1. The first-order valence-corrected chi connectivity index (χ1v) is 8.52. The minimum atomic E-state index is -0.179. The molecule has 0 heterocycles. The Balaban J connectivity index is 1.55. The molecule has 0 fully saturated rings. The number of benzene rings is 2. The fourth-order valence-corrected chi connectivity index (χ4v) is 2.98. The average Bonchev–Trinajstić information content (AvgIpc) is 2.60. The fourth-order valence-electron chi connectivity index (χ4n) is 2.98. The van der Waals surface area contributed by atoms with Gasteiger partial charge in [-0.1, -0.05) is 12.1 Å². The van der Waals surface area contributed by atoms with Gasteiger partial charge in [0.05, 0.1) is 6.61 Å². The molecule has 24 heavy (non-hydrogen) atoms. The highest BCUT2D eigenvalue weighted by molar-refractivity contribution is 5.92. The zero-order valence-electron chi connectivity index (χ0n) is 14.0. The molecule has 1 aliphatic rings. The number of carbonyl (C=O) groups excluding carboxylic acids is 1. The number of fused-ring (bicyclic) bond motifs is 1. The highest BCUT2D eigenvalue weighted by Crippen LogP contribution is 2.25. The van der Waals surface area contributed by atoms with Crippen LogP contribution in [0.5, 0.6) is 11.5 Å². The van der Waals surface area contributed by atoms with E-state index in [0.717, 1.165) is 24.3 Å². The topological polar surface area (TPSA) is 47.6 Å². The Bertz CT molecular complexity index is 712. The number of aryl methyl sites for hydroxylation is 2. The van der Waals surface area contributed by atoms with E-state index in [9.17, 15) is 4.79 Å². The first-order valence-electron chi connectivity index (χ1n) is 8.52. The van der Waals surface area contributed by atoms with Gasteiger partial charge in [0.1, 0.15) is 11.5 Å². The average molecular weight is 325 g/mol. The van der Waals surface area contributed by atoms with Crippen LogP contribution >= 0.6 is 0 Å². The summed E-state index contributed by atoms with van der Waals surface area (Å²) in [6.45, 7) is 2.52. The van der Waals surface area contributed by atoms with Gasteiger partial charge in [0, 0.05) is 11.8 Å². The van der Waals surface area contributed by atoms with E-state index in [0.29, 0.717) is 12.3 Å².